The number of nitrogens with zero attached hydrogens (tertiary/aromatic N) is 1. The van der Waals surface area contributed by atoms with E-state index in [0.29, 0.717) is 5.52 Å². The molecule has 1 aromatic heterocycles. The molecule has 3 aromatic rings. The summed E-state index contributed by atoms with van der Waals surface area (Å²) < 4.78 is 56.0. The van der Waals surface area contributed by atoms with E-state index < -0.39 is 55.1 Å². The van der Waals surface area contributed by atoms with Crippen molar-refractivity contribution < 1.29 is 46.6 Å². The van der Waals surface area contributed by atoms with Gasteiger partial charge in [0.2, 0.25) is 0 Å². The summed E-state index contributed by atoms with van der Waals surface area (Å²) in [6.45, 7) is 2.23. The van der Waals surface area contributed by atoms with E-state index in [1.807, 2.05) is 29.6 Å². The number of hydrogen-bond donors (Lipinski definition) is 2. The maximum atomic E-state index is 12.7. The highest BCUT2D eigenvalue weighted by Crippen LogP contribution is 2.34. The van der Waals surface area contributed by atoms with Gasteiger partial charge in [0.15, 0.2) is 12.4 Å². The summed E-state index contributed by atoms with van der Waals surface area (Å²) in [4.78, 5) is 41.9. The van der Waals surface area contributed by atoms with Crippen LogP contribution in [-0.2, 0) is 37.1 Å². The summed E-state index contributed by atoms with van der Waals surface area (Å²) >= 11 is 0. The Bertz CT molecular complexity index is 1220. The number of carboxylic acid groups (broad SMARTS) is 1. The van der Waals surface area contributed by atoms with Crippen molar-refractivity contribution >= 4 is 45.9 Å². The van der Waals surface area contributed by atoms with E-state index in [-0.39, 0.29) is 6.47 Å². The molecule has 0 saturated carbocycles. The average Bonchev–Trinajstić information content (AvgIpc) is 3.13. The number of aliphatic carboxylic acids is 1. The fourth-order valence-electron chi connectivity index (χ4n) is 3.20. The van der Waals surface area contributed by atoms with Crippen molar-refractivity contribution in [2.24, 2.45) is 7.05 Å². The molecule has 1 amide bonds. The number of fused-ring (bicyclic) bond motifs is 3. The van der Waals surface area contributed by atoms with Crippen molar-refractivity contribution in [1.29, 1.82) is 0 Å². The molecule has 8 nitrogen and oxygen atoms in total. The quantitative estimate of drug-likeness (QED) is 0.330. The van der Waals surface area contributed by atoms with Gasteiger partial charge in [-0.1, -0.05) is 44.5 Å². The minimum Gasteiger partial charge on any atom is -0.481 e. The van der Waals surface area contributed by atoms with Crippen LogP contribution in [0.15, 0.2) is 42.5 Å². The van der Waals surface area contributed by atoms with Gasteiger partial charge < -0.3 is 19.7 Å². The molecule has 0 aliphatic heterocycles. The van der Waals surface area contributed by atoms with Gasteiger partial charge in [-0.05, 0) is 18.2 Å². The molecule has 37 heavy (non-hydrogen) atoms. The molecule has 12 heteroatoms. The van der Waals surface area contributed by atoms with Crippen LogP contribution in [0.5, 0.6) is 0 Å². The van der Waals surface area contributed by atoms with Crippen molar-refractivity contribution in [2.45, 2.75) is 38.9 Å². The highest BCUT2D eigenvalue weighted by atomic mass is 19.4. The molecule has 2 aromatic carbocycles. The summed E-state index contributed by atoms with van der Waals surface area (Å²) in [5.74, 6) is -3.29. The largest absolute Gasteiger partial charge is 0.481 e. The van der Waals surface area contributed by atoms with Crippen LogP contribution in [0.2, 0.25) is 0 Å². The van der Waals surface area contributed by atoms with Gasteiger partial charge in [0.1, 0.15) is 12.7 Å². The molecule has 2 N–H and O–H groups in total. The summed E-state index contributed by atoms with van der Waals surface area (Å²) in [6, 6.07) is 10.0. The van der Waals surface area contributed by atoms with E-state index in [1.165, 1.54) is 12.5 Å². The normalized spacial score (nSPS) is 11.4. The molecule has 0 radical (unpaired) electrons. The third kappa shape index (κ3) is 9.21. The molecule has 0 aliphatic carbocycles. The monoisotopic (exact) mass is 528 g/mol. The standard InChI is InChI=1S/C14H10F3N.C8H10FNO6.C3H8/c1-18-12-5-3-2-4-10(12)11-7-6-9(8-13(11)18)14(15,16)17;9-2-6(12)5(1-8(14)15)10-7(13)3-16-4-11;1-3-2/h2-8H,1H3;4-5H,1-3H2,(H,10,13)(H,14,15);3H2,1-2H3. The first-order valence-corrected chi connectivity index (χ1v) is 11.1. The number of aromatic nitrogens is 1. The number of carbonyl (C=O) groups excluding carboxylic acids is 3. The molecular weight excluding hydrogens is 500 g/mol. The first kappa shape index (κ1) is 31.1. The molecule has 0 fully saturated rings. The van der Waals surface area contributed by atoms with Crippen LogP contribution in [0.3, 0.4) is 0 Å². The fraction of sp³-hybridized carbons (Fsp3) is 0.360. The van der Waals surface area contributed by atoms with Crippen LogP contribution in [-0.4, -0.2) is 53.1 Å². The van der Waals surface area contributed by atoms with Crippen LogP contribution >= 0.6 is 0 Å². The maximum absolute atomic E-state index is 12.7. The van der Waals surface area contributed by atoms with Crippen molar-refractivity contribution in [3.63, 3.8) is 0 Å². The summed E-state index contributed by atoms with van der Waals surface area (Å²) in [6.07, 6.45) is -3.78. The number of ketones is 1. The molecule has 3 rings (SSSR count). The van der Waals surface area contributed by atoms with Gasteiger partial charge in [-0.15, -0.1) is 0 Å². The average molecular weight is 528 g/mol. The van der Waals surface area contributed by atoms with Crippen LogP contribution < -0.4 is 5.32 Å². The molecule has 1 heterocycles. The second-order valence-corrected chi connectivity index (χ2v) is 7.74. The number of carboxylic acids is 1. The zero-order chi connectivity index (χ0) is 28.2. The van der Waals surface area contributed by atoms with Crippen LogP contribution in [0.25, 0.3) is 21.8 Å². The second-order valence-electron chi connectivity index (χ2n) is 7.74. The number of rotatable bonds is 8. The zero-order valence-corrected chi connectivity index (χ0v) is 20.5. The number of para-hydroxylation sites is 1. The Kier molecular flexibility index (Phi) is 12.2. The van der Waals surface area contributed by atoms with E-state index in [1.54, 1.807) is 17.7 Å². The summed E-state index contributed by atoms with van der Waals surface area (Å²) in [5, 5.41) is 12.2. The lowest BCUT2D eigenvalue weighted by molar-refractivity contribution is -0.142. The minimum atomic E-state index is -4.30. The number of carbonyl (C=O) groups is 4. The lowest BCUT2D eigenvalue weighted by atomic mass is 10.1. The van der Waals surface area contributed by atoms with Crippen LogP contribution in [0, 0.1) is 0 Å². The third-order valence-corrected chi connectivity index (χ3v) is 4.76. The maximum Gasteiger partial charge on any atom is 0.416 e. The van der Waals surface area contributed by atoms with Gasteiger partial charge >= 0.3 is 12.1 Å². The highest BCUT2D eigenvalue weighted by molar-refractivity contribution is 6.08. The van der Waals surface area contributed by atoms with Gasteiger partial charge in [0, 0.05) is 28.9 Å². The minimum absolute atomic E-state index is 0.0166. The van der Waals surface area contributed by atoms with E-state index in [9.17, 15) is 36.7 Å². The molecule has 0 aliphatic rings. The Morgan fingerprint density at radius 2 is 1.68 bits per heavy atom. The Morgan fingerprint density at radius 1 is 1.08 bits per heavy atom. The SMILES string of the molecule is CCC.Cn1c2ccccc2c2ccc(C(F)(F)F)cc21.O=COCC(=O)NC(CC(=O)O)C(=O)CF. The summed E-state index contributed by atoms with van der Waals surface area (Å²) in [5.41, 5.74) is 0.929. The predicted molar refractivity (Wildman–Crippen MR) is 129 cm³/mol. The number of ether oxygens (including phenoxy) is 1. The molecule has 1 unspecified atom stereocenters. The first-order valence-electron chi connectivity index (χ1n) is 11.1. The van der Waals surface area contributed by atoms with E-state index in [0.717, 1.165) is 22.4 Å². The number of benzene rings is 2. The Labute approximate surface area is 210 Å². The molecule has 0 bridgehead atoms. The van der Waals surface area contributed by atoms with Crippen molar-refractivity contribution in [3.05, 3.63) is 48.0 Å². The molecular formula is C25H28F4N2O6. The number of amides is 1. The predicted octanol–water partition coefficient (Wildman–Crippen LogP) is 4.42. The number of Topliss-reactive ketones (excluding diaryl/α,β-unsaturated/α-hetero) is 1. The first-order chi connectivity index (χ1) is 17.4. The Balaban J connectivity index is 0.000000338. The van der Waals surface area contributed by atoms with Crippen LogP contribution in [0.4, 0.5) is 17.6 Å². The number of halogens is 4. The third-order valence-electron chi connectivity index (χ3n) is 4.76. The van der Waals surface area contributed by atoms with Gasteiger partial charge in [0.05, 0.1) is 12.0 Å². The topological polar surface area (TPSA) is 115 Å². The molecule has 0 saturated heterocycles. The molecule has 1 atom stereocenters. The number of aryl methyl sites for hydroxylation is 1. The van der Waals surface area contributed by atoms with E-state index in [4.69, 9.17) is 5.11 Å². The lowest BCUT2D eigenvalue weighted by Gasteiger charge is -2.13. The highest BCUT2D eigenvalue weighted by Gasteiger charge is 2.31. The van der Waals surface area contributed by atoms with Crippen molar-refractivity contribution in [2.75, 3.05) is 13.3 Å². The molecule has 202 valence electrons. The fourth-order valence-corrected chi connectivity index (χ4v) is 3.20. The van der Waals surface area contributed by atoms with Crippen LogP contribution in [0.1, 0.15) is 32.3 Å². The molecule has 0 spiro atoms. The number of alkyl halides is 4. The Morgan fingerprint density at radius 3 is 2.22 bits per heavy atom. The zero-order valence-electron chi connectivity index (χ0n) is 20.5. The Hall–Kier alpha value is -3.96. The smallest absolute Gasteiger partial charge is 0.416 e. The number of hydrogen-bond acceptors (Lipinski definition) is 5. The summed E-state index contributed by atoms with van der Waals surface area (Å²) in [7, 11) is 1.78. The van der Waals surface area contributed by atoms with Gasteiger partial charge in [0.25, 0.3) is 12.4 Å². The van der Waals surface area contributed by atoms with Gasteiger partial charge in [-0.3, -0.25) is 19.2 Å². The van der Waals surface area contributed by atoms with Gasteiger partial charge in [-0.25, -0.2) is 4.39 Å². The van der Waals surface area contributed by atoms with E-state index in [2.05, 4.69) is 18.6 Å². The number of nitrogens with one attached hydrogen (secondary N) is 1. The van der Waals surface area contributed by atoms with Crippen molar-refractivity contribution in [1.82, 2.24) is 9.88 Å². The lowest BCUT2D eigenvalue weighted by Crippen LogP contribution is -2.44. The van der Waals surface area contributed by atoms with E-state index >= 15 is 0 Å². The van der Waals surface area contributed by atoms with Crippen molar-refractivity contribution in [3.8, 4) is 0 Å². The second kappa shape index (κ2) is 14.6. The van der Waals surface area contributed by atoms with Gasteiger partial charge in [-0.2, -0.15) is 13.2 Å².